The van der Waals surface area contributed by atoms with E-state index < -0.39 is 11.6 Å². The van der Waals surface area contributed by atoms with Crippen LogP contribution < -0.4 is 11.1 Å². The first-order valence-electron chi connectivity index (χ1n) is 6.20. The molecule has 0 heterocycles. The Kier molecular flexibility index (Phi) is 5.36. The Labute approximate surface area is 103 Å². The first-order valence-corrected chi connectivity index (χ1v) is 6.20. The fourth-order valence-corrected chi connectivity index (χ4v) is 2.57. The van der Waals surface area contributed by atoms with E-state index in [2.05, 4.69) is 12.2 Å². The highest BCUT2D eigenvalue weighted by Crippen LogP contribution is 2.31. The van der Waals surface area contributed by atoms with Gasteiger partial charge in [-0.3, -0.25) is 4.79 Å². The van der Waals surface area contributed by atoms with Gasteiger partial charge in [-0.25, -0.2) is 0 Å². The summed E-state index contributed by atoms with van der Waals surface area (Å²) in [6.07, 6.45) is 3.82. The summed E-state index contributed by atoms with van der Waals surface area (Å²) in [6.45, 7) is 2.32. The maximum absolute atomic E-state index is 11.8. The Balaban J connectivity index is 2.58. The lowest BCUT2D eigenvalue weighted by molar-refractivity contribution is -0.126. The van der Waals surface area contributed by atoms with Crippen molar-refractivity contribution in [1.29, 1.82) is 0 Å². The molecule has 0 saturated heterocycles. The highest BCUT2D eigenvalue weighted by atomic mass is 16.5. The molecule has 0 aromatic carbocycles. The summed E-state index contributed by atoms with van der Waals surface area (Å²) in [4.78, 5) is 11.8. The van der Waals surface area contributed by atoms with Crippen LogP contribution in [0.2, 0.25) is 0 Å². The van der Waals surface area contributed by atoms with E-state index in [1.54, 1.807) is 0 Å². The topological polar surface area (TPSA) is 84.6 Å². The summed E-state index contributed by atoms with van der Waals surface area (Å²) in [5.41, 5.74) is 5.19. The molecule has 0 aromatic heterocycles. The quantitative estimate of drug-likeness (QED) is 0.636. The number of nitrogens with one attached hydrogen (secondary N) is 1. The second-order valence-electron chi connectivity index (χ2n) is 5.19. The molecule has 17 heavy (non-hydrogen) atoms. The third-order valence-corrected chi connectivity index (χ3v) is 3.47. The number of nitrogens with two attached hydrogens (primary N) is 1. The van der Waals surface area contributed by atoms with Crippen molar-refractivity contribution in [1.82, 2.24) is 5.32 Å². The molecule has 5 nitrogen and oxygen atoms in total. The average Bonchev–Trinajstić information content (AvgIpc) is 2.29. The van der Waals surface area contributed by atoms with E-state index in [-0.39, 0.29) is 19.1 Å². The summed E-state index contributed by atoms with van der Waals surface area (Å²) in [5.74, 6) is 0.282. The van der Waals surface area contributed by atoms with Gasteiger partial charge in [0.2, 0.25) is 5.91 Å². The molecule has 1 fully saturated rings. The summed E-state index contributed by atoms with van der Waals surface area (Å²) < 4.78 is 4.85. The van der Waals surface area contributed by atoms with Crippen LogP contribution in [0.4, 0.5) is 0 Å². The largest absolute Gasteiger partial charge is 0.394 e. The van der Waals surface area contributed by atoms with Crippen LogP contribution in [0, 0.1) is 5.92 Å². The van der Waals surface area contributed by atoms with Crippen molar-refractivity contribution in [3.8, 4) is 0 Å². The van der Waals surface area contributed by atoms with Crippen molar-refractivity contribution >= 4 is 5.91 Å². The minimum Gasteiger partial charge on any atom is -0.394 e. The number of amides is 1. The second kappa shape index (κ2) is 6.33. The molecule has 5 heteroatoms. The Hall–Kier alpha value is -0.650. The Morgan fingerprint density at radius 1 is 1.71 bits per heavy atom. The minimum atomic E-state index is -0.666. The normalized spacial score (nSPS) is 30.9. The number of carbonyl (C=O) groups is 1. The SMILES string of the molecule is COCC(N)C(=O)NC1(CO)CCCC(C)C1. The molecule has 0 aliphatic heterocycles. The number of aliphatic hydroxyl groups excluding tert-OH is 1. The number of carbonyl (C=O) groups excluding carboxylic acids is 1. The van der Waals surface area contributed by atoms with Gasteiger partial charge in [-0.2, -0.15) is 0 Å². The Morgan fingerprint density at radius 2 is 2.41 bits per heavy atom. The molecule has 0 radical (unpaired) electrons. The van der Waals surface area contributed by atoms with Crippen LogP contribution in [-0.2, 0) is 9.53 Å². The Bertz CT molecular complexity index is 260. The van der Waals surface area contributed by atoms with E-state index in [9.17, 15) is 9.90 Å². The minimum absolute atomic E-state index is 0.0250. The molecule has 4 N–H and O–H groups in total. The van der Waals surface area contributed by atoms with Crippen LogP contribution in [0.1, 0.15) is 32.6 Å². The number of hydrogen-bond acceptors (Lipinski definition) is 4. The highest BCUT2D eigenvalue weighted by Gasteiger charge is 2.36. The van der Waals surface area contributed by atoms with Crippen LogP contribution in [0.3, 0.4) is 0 Å². The van der Waals surface area contributed by atoms with Crippen molar-refractivity contribution in [3.05, 3.63) is 0 Å². The molecule has 0 spiro atoms. The molecule has 3 unspecified atom stereocenters. The van der Waals surface area contributed by atoms with Crippen molar-refractivity contribution in [2.45, 2.75) is 44.2 Å². The van der Waals surface area contributed by atoms with Crippen molar-refractivity contribution < 1.29 is 14.6 Å². The molecular weight excluding hydrogens is 220 g/mol. The zero-order valence-electron chi connectivity index (χ0n) is 10.7. The van der Waals surface area contributed by atoms with Gasteiger partial charge in [0.25, 0.3) is 0 Å². The number of hydrogen-bond donors (Lipinski definition) is 3. The maximum atomic E-state index is 11.8. The van der Waals surface area contributed by atoms with Gasteiger partial charge in [-0.15, -0.1) is 0 Å². The number of methoxy groups -OCH3 is 1. The third-order valence-electron chi connectivity index (χ3n) is 3.47. The molecule has 0 bridgehead atoms. The van der Waals surface area contributed by atoms with E-state index >= 15 is 0 Å². The van der Waals surface area contributed by atoms with Gasteiger partial charge < -0.3 is 20.9 Å². The van der Waals surface area contributed by atoms with Gasteiger partial charge in [0.1, 0.15) is 6.04 Å². The highest BCUT2D eigenvalue weighted by molar-refractivity contribution is 5.82. The van der Waals surface area contributed by atoms with Crippen LogP contribution in [0.15, 0.2) is 0 Å². The van der Waals surface area contributed by atoms with Crippen molar-refractivity contribution in [2.24, 2.45) is 11.7 Å². The van der Waals surface area contributed by atoms with Crippen LogP contribution >= 0.6 is 0 Å². The average molecular weight is 244 g/mol. The summed E-state index contributed by atoms with van der Waals surface area (Å²) in [7, 11) is 1.51. The van der Waals surface area contributed by atoms with Crippen molar-refractivity contribution in [2.75, 3.05) is 20.3 Å². The van der Waals surface area contributed by atoms with E-state index in [1.165, 1.54) is 7.11 Å². The monoisotopic (exact) mass is 244 g/mol. The zero-order chi connectivity index (χ0) is 12.9. The van der Waals surface area contributed by atoms with E-state index in [1.807, 2.05) is 0 Å². The number of ether oxygens (including phenoxy) is 1. The maximum Gasteiger partial charge on any atom is 0.239 e. The first-order chi connectivity index (χ1) is 8.03. The molecule has 1 amide bonds. The first kappa shape index (κ1) is 14.4. The molecule has 0 aromatic rings. The van der Waals surface area contributed by atoms with Gasteiger partial charge in [0.05, 0.1) is 18.8 Å². The zero-order valence-corrected chi connectivity index (χ0v) is 10.7. The lowest BCUT2D eigenvalue weighted by Crippen LogP contribution is -2.58. The van der Waals surface area contributed by atoms with Crippen LogP contribution in [-0.4, -0.2) is 42.9 Å². The lowest BCUT2D eigenvalue weighted by atomic mass is 9.76. The molecule has 3 atom stereocenters. The molecule has 1 aliphatic carbocycles. The van der Waals surface area contributed by atoms with Gasteiger partial charge in [0, 0.05) is 7.11 Å². The smallest absolute Gasteiger partial charge is 0.239 e. The van der Waals surface area contributed by atoms with Crippen LogP contribution in [0.5, 0.6) is 0 Å². The molecule has 100 valence electrons. The van der Waals surface area contributed by atoms with Gasteiger partial charge >= 0.3 is 0 Å². The van der Waals surface area contributed by atoms with Crippen LogP contribution in [0.25, 0.3) is 0 Å². The van der Waals surface area contributed by atoms with Gasteiger partial charge in [-0.05, 0) is 18.8 Å². The molecular formula is C12H24N2O3. The van der Waals surface area contributed by atoms with E-state index in [0.717, 1.165) is 25.7 Å². The molecule has 1 aliphatic rings. The lowest BCUT2D eigenvalue weighted by Gasteiger charge is -2.39. The molecule has 1 saturated carbocycles. The summed E-state index contributed by atoms with van der Waals surface area (Å²) >= 11 is 0. The number of rotatable bonds is 5. The van der Waals surface area contributed by atoms with E-state index in [4.69, 9.17) is 10.5 Å². The van der Waals surface area contributed by atoms with E-state index in [0.29, 0.717) is 5.92 Å². The predicted octanol–water partition coefficient (Wildman–Crippen LogP) is 0.0175. The predicted molar refractivity (Wildman–Crippen MR) is 65.4 cm³/mol. The molecule has 1 rings (SSSR count). The van der Waals surface area contributed by atoms with Crippen molar-refractivity contribution in [3.63, 3.8) is 0 Å². The Morgan fingerprint density at radius 3 is 2.94 bits per heavy atom. The summed E-state index contributed by atoms with van der Waals surface area (Å²) in [6, 6.07) is -0.666. The second-order valence-corrected chi connectivity index (χ2v) is 5.19. The van der Waals surface area contributed by atoms with Gasteiger partial charge in [-0.1, -0.05) is 19.8 Å². The number of aliphatic hydroxyl groups is 1. The summed E-state index contributed by atoms with van der Waals surface area (Å²) in [5, 5.41) is 12.4. The fraction of sp³-hybridized carbons (Fsp3) is 0.917. The van der Waals surface area contributed by atoms with Gasteiger partial charge in [0.15, 0.2) is 0 Å². The standard InChI is InChI=1S/C12H24N2O3/c1-9-4-3-5-12(6-9,8-15)14-11(16)10(13)7-17-2/h9-10,15H,3-8,13H2,1-2H3,(H,14,16). The third kappa shape index (κ3) is 3.94. The fourth-order valence-electron chi connectivity index (χ4n) is 2.57.